The lowest BCUT2D eigenvalue weighted by Crippen LogP contribution is -2.32. The van der Waals surface area contributed by atoms with Gasteiger partial charge in [-0.25, -0.2) is 4.98 Å². The largest absolute Gasteiger partial charge is 0.239 e. The molecule has 0 bridgehead atoms. The van der Waals surface area contributed by atoms with E-state index in [1.165, 1.54) is 11.1 Å². The molecule has 0 N–H and O–H groups in total. The molecule has 0 atom stereocenters. The van der Waals surface area contributed by atoms with Crippen LogP contribution in [0.1, 0.15) is 29.8 Å². The summed E-state index contributed by atoms with van der Waals surface area (Å²) in [5.41, 5.74) is 3.13. The molecular formula is C15H14N2S. The third kappa shape index (κ3) is 1.65. The Bertz CT molecular complexity index is 617. The molecule has 1 heterocycles. The van der Waals surface area contributed by atoms with E-state index < -0.39 is 0 Å². The Hall–Kier alpha value is -1.66. The van der Waals surface area contributed by atoms with Crippen molar-refractivity contribution in [1.82, 2.24) is 4.98 Å². The van der Waals surface area contributed by atoms with E-state index in [4.69, 9.17) is 4.98 Å². The van der Waals surface area contributed by atoms with Crippen LogP contribution in [0.15, 0.2) is 29.6 Å². The Morgan fingerprint density at radius 3 is 2.72 bits per heavy atom. The fourth-order valence-electron chi connectivity index (χ4n) is 2.38. The highest BCUT2D eigenvalue weighted by Crippen LogP contribution is 2.45. The number of aromatic nitrogens is 1. The molecule has 0 unspecified atom stereocenters. The van der Waals surface area contributed by atoms with Crippen LogP contribution in [0.2, 0.25) is 0 Å². The van der Waals surface area contributed by atoms with Crippen LogP contribution in [-0.4, -0.2) is 4.98 Å². The molecule has 90 valence electrons. The van der Waals surface area contributed by atoms with Gasteiger partial charge in [-0.15, -0.1) is 11.3 Å². The maximum atomic E-state index is 9.34. The van der Waals surface area contributed by atoms with Gasteiger partial charge in [0.15, 0.2) is 0 Å². The average Bonchev–Trinajstić information content (AvgIpc) is 2.79. The van der Waals surface area contributed by atoms with Crippen molar-refractivity contribution in [2.24, 2.45) is 0 Å². The Morgan fingerprint density at radius 1 is 1.33 bits per heavy atom. The topological polar surface area (TPSA) is 36.7 Å². The quantitative estimate of drug-likeness (QED) is 0.810. The number of nitrogens with zero attached hydrogens (tertiary/aromatic N) is 2. The van der Waals surface area contributed by atoms with Gasteiger partial charge in [0.2, 0.25) is 0 Å². The molecule has 3 rings (SSSR count). The molecule has 2 aromatic rings. The Balaban J connectivity index is 2.00. The highest BCUT2D eigenvalue weighted by atomic mass is 32.1. The van der Waals surface area contributed by atoms with Crippen LogP contribution in [0, 0.1) is 18.3 Å². The van der Waals surface area contributed by atoms with Gasteiger partial charge < -0.3 is 0 Å². The first-order valence-electron chi connectivity index (χ1n) is 6.18. The van der Waals surface area contributed by atoms with Crippen LogP contribution in [0.3, 0.4) is 0 Å². The molecule has 0 amide bonds. The van der Waals surface area contributed by atoms with E-state index in [0.29, 0.717) is 0 Å². The zero-order valence-corrected chi connectivity index (χ0v) is 11.1. The van der Waals surface area contributed by atoms with Gasteiger partial charge in [0.25, 0.3) is 0 Å². The fourth-order valence-corrected chi connectivity index (χ4v) is 3.41. The summed E-state index contributed by atoms with van der Waals surface area (Å²) in [5.74, 6) is 0. The maximum Gasteiger partial charge on any atom is 0.114 e. The van der Waals surface area contributed by atoms with Crippen molar-refractivity contribution >= 4 is 11.3 Å². The third-order valence-electron chi connectivity index (χ3n) is 3.76. The number of rotatable bonds is 2. The van der Waals surface area contributed by atoms with E-state index in [1.54, 1.807) is 11.3 Å². The molecule has 0 aliphatic heterocycles. The van der Waals surface area contributed by atoms with Crippen molar-refractivity contribution < 1.29 is 0 Å². The lowest BCUT2D eigenvalue weighted by molar-refractivity contribution is 0.323. The van der Waals surface area contributed by atoms with Gasteiger partial charge in [-0.05, 0) is 31.7 Å². The zero-order chi connectivity index (χ0) is 12.6. The molecular weight excluding hydrogens is 240 g/mol. The van der Waals surface area contributed by atoms with E-state index in [2.05, 4.69) is 30.5 Å². The normalized spacial score (nSPS) is 16.9. The van der Waals surface area contributed by atoms with Crippen molar-refractivity contribution in [3.8, 4) is 17.3 Å². The highest BCUT2D eigenvalue weighted by Gasteiger charge is 2.41. The summed E-state index contributed by atoms with van der Waals surface area (Å²) in [7, 11) is 0. The van der Waals surface area contributed by atoms with E-state index in [0.717, 1.165) is 30.0 Å². The Labute approximate surface area is 111 Å². The molecule has 1 fully saturated rings. The van der Waals surface area contributed by atoms with Crippen molar-refractivity contribution in [3.63, 3.8) is 0 Å². The molecule has 1 saturated carbocycles. The molecule has 0 saturated heterocycles. The molecule has 1 aliphatic rings. The standard InChI is InChI=1S/C15H14N2S/c1-11-5-2-3-6-12(11)13-9-18-14(17-13)15(10-16)7-4-8-15/h2-3,5-6,9H,4,7-8H2,1H3. The zero-order valence-electron chi connectivity index (χ0n) is 10.3. The van der Waals surface area contributed by atoms with Crippen LogP contribution in [0.4, 0.5) is 0 Å². The van der Waals surface area contributed by atoms with Gasteiger partial charge >= 0.3 is 0 Å². The molecule has 1 aromatic carbocycles. The summed E-state index contributed by atoms with van der Waals surface area (Å²) in [5, 5.41) is 12.4. The molecule has 1 aliphatic carbocycles. The second kappa shape index (κ2) is 4.22. The monoisotopic (exact) mass is 254 g/mol. The summed E-state index contributed by atoms with van der Waals surface area (Å²) >= 11 is 1.63. The fraction of sp³-hybridized carbons (Fsp3) is 0.333. The molecule has 1 aromatic heterocycles. The summed E-state index contributed by atoms with van der Waals surface area (Å²) in [6.07, 6.45) is 3.07. The number of nitriles is 1. The van der Waals surface area contributed by atoms with Gasteiger partial charge in [0.05, 0.1) is 11.8 Å². The van der Waals surface area contributed by atoms with Crippen LogP contribution in [0.25, 0.3) is 11.3 Å². The first kappa shape index (κ1) is 11.4. The number of thiazole rings is 1. The predicted octanol–water partition coefficient (Wildman–Crippen LogP) is 4.06. The lowest BCUT2D eigenvalue weighted by Gasteiger charge is -2.32. The molecule has 0 spiro atoms. The summed E-state index contributed by atoms with van der Waals surface area (Å²) in [6, 6.07) is 10.7. The van der Waals surface area contributed by atoms with Crippen LogP contribution < -0.4 is 0 Å². The number of hydrogen-bond donors (Lipinski definition) is 0. The van der Waals surface area contributed by atoms with E-state index in [9.17, 15) is 5.26 Å². The van der Waals surface area contributed by atoms with E-state index in [-0.39, 0.29) is 5.41 Å². The van der Waals surface area contributed by atoms with Gasteiger partial charge in [-0.3, -0.25) is 0 Å². The first-order valence-corrected chi connectivity index (χ1v) is 7.06. The van der Waals surface area contributed by atoms with Crippen molar-refractivity contribution in [1.29, 1.82) is 5.26 Å². The minimum absolute atomic E-state index is 0.286. The van der Waals surface area contributed by atoms with E-state index >= 15 is 0 Å². The Kier molecular flexibility index (Phi) is 2.68. The summed E-state index contributed by atoms with van der Waals surface area (Å²) in [4.78, 5) is 4.70. The van der Waals surface area contributed by atoms with Gasteiger partial charge in [-0.2, -0.15) is 5.26 Å². The van der Waals surface area contributed by atoms with Crippen LogP contribution in [0.5, 0.6) is 0 Å². The lowest BCUT2D eigenvalue weighted by atomic mass is 9.70. The molecule has 3 heteroatoms. The highest BCUT2D eigenvalue weighted by molar-refractivity contribution is 7.10. The number of hydrogen-bond acceptors (Lipinski definition) is 3. The minimum atomic E-state index is -0.286. The van der Waals surface area contributed by atoms with Crippen molar-refractivity contribution in [3.05, 3.63) is 40.2 Å². The van der Waals surface area contributed by atoms with Crippen LogP contribution >= 0.6 is 11.3 Å². The van der Waals surface area contributed by atoms with E-state index in [1.807, 2.05) is 12.1 Å². The van der Waals surface area contributed by atoms with Crippen molar-refractivity contribution in [2.75, 3.05) is 0 Å². The molecule has 0 radical (unpaired) electrons. The second-order valence-electron chi connectivity index (χ2n) is 4.90. The molecule has 18 heavy (non-hydrogen) atoms. The SMILES string of the molecule is Cc1ccccc1-c1csc(C2(C#N)CCC2)n1. The Morgan fingerprint density at radius 2 is 2.11 bits per heavy atom. The molecule has 2 nitrogen and oxygen atoms in total. The first-order chi connectivity index (χ1) is 8.75. The minimum Gasteiger partial charge on any atom is -0.239 e. The summed E-state index contributed by atoms with van der Waals surface area (Å²) in [6.45, 7) is 2.10. The van der Waals surface area contributed by atoms with Crippen LogP contribution in [-0.2, 0) is 5.41 Å². The average molecular weight is 254 g/mol. The maximum absolute atomic E-state index is 9.34. The smallest absolute Gasteiger partial charge is 0.114 e. The second-order valence-corrected chi connectivity index (χ2v) is 5.76. The predicted molar refractivity (Wildman–Crippen MR) is 73.4 cm³/mol. The van der Waals surface area contributed by atoms with Gasteiger partial charge in [-0.1, -0.05) is 24.3 Å². The third-order valence-corrected chi connectivity index (χ3v) is 4.80. The van der Waals surface area contributed by atoms with Gasteiger partial charge in [0, 0.05) is 10.9 Å². The number of benzene rings is 1. The van der Waals surface area contributed by atoms with Gasteiger partial charge in [0.1, 0.15) is 10.4 Å². The summed E-state index contributed by atoms with van der Waals surface area (Å²) < 4.78 is 0. The number of aryl methyl sites for hydroxylation is 1. The van der Waals surface area contributed by atoms with Crippen molar-refractivity contribution in [2.45, 2.75) is 31.6 Å².